The maximum absolute atomic E-state index is 12.5. The van der Waals surface area contributed by atoms with E-state index in [0.29, 0.717) is 13.0 Å². The third kappa shape index (κ3) is 8.53. The van der Waals surface area contributed by atoms with Gasteiger partial charge in [0.15, 0.2) is 0 Å². The average Bonchev–Trinajstić information content (AvgIpc) is 2.49. The molecule has 3 heteroatoms. The molecule has 136 valence electrons. The molecule has 23 heavy (non-hydrogen) atoms. The largest absolute Gasteiger partial charge is 0.465 e. The molecule has 0 radical (unpaired) electrons. The van der Waals surface area contributed by atoms with E-state index in [-0.39, 0.29) is 35.4 Å². The van der Waals surface area contributed by atoms with Gasteiger partial charge in [-0.2, -0.15) is 0 Å². The molecule has 0 aliphatic rings. The highest BCUT2D eigenvalue weighted by molar-refractivity contribution is 5.87. The van der Waals surface area contributed by atoms with Crippen LogP contribution >= 0.6 is 0 Å². The summed E-state index contributed by atoms with van der Waals surface area (Å²) in [6, 6.07) is 0. The lowest BCUT2D eigenvalue weighted by atomic mass is 9.74. The molecule has 0 bridgehead atoms. The second-order valence-corrected chi connectivity index (χ2v) is 7.29. The molecule has 3 nitrogen and oxygen atoms in total. The third-order valence-corrected chi connectivity index (χ3v) is 4.56. The van der Waals surface area contributed by atoms with Crippen LogP contribution in [0.25, 0.3) is 0 Å². The first-order valence-corrected chi connectivity index (χ1v) is 9.56. The topological polar surface area (TPSA) is 43.4 Å². The van der Waals surface area contributed by atoms with Gasteiger partial charge in [-0.15, -0.1) is 0 Å². The Balaban J connectivity index is 4.47. The van der Waals surface area contributed by atoms with Crippen LogP contribution in [0.5, 0.6) is 0 Å². The molecule has 0 rings (SSSR count). The number of hydrogen-bond acceptors (Lipinski definition) is 3. The number of unbranched alkanes of at least 4 members (excludes halogenated alkanes) is 5. The Morgan fingerprint density at radius 1 is 0.783 bits per heavy atom. The van der Waals surface area contributed by atoms with E-state index in [1.165, 1.54) is 25.7 Å². The zero-order valence-corrected chi connectivity index (χ0v) is 16.2. The highest BCUT2D eigenvalue weighted by atomic mass is 16.5. The lowest BCUT2D eigenvalue weighted by molar-refractivity contribution is -0.156. The summed E-state index contributed by atoms with van der Waals surface area (Å²) < 4.78 is 5.51. The molecule has 0 saturated heterocycles. The van der Waals surface area contributed by atoms with Crippen LogP contribution in [0.2, 0.25) is 0 Å². The van der Waals surface area contributed by atoms with E-state index in [9.17, 15) is 9.59 Å². The Kier molecular flexibility index (Phi) is 12.1. The second-order valence-electron chi connectivity index (χ2n) is 7.29. The summed E-state index contributed by atoms with van der Waals surface area (Å²) in [6.07, 6.45) is 7.52. The van der Waals surface area contributed by atoms with Crippen LogP contribution in [0.1, 0.15) is 86.5 Å². The van der Waals surface area contributed by atoms with Crippen molar-refractivity contribution >= 4 is 11.8 Å². The Morgan fingerprint density at radius 2 is 1.30 bits per heavy atom. The molecule has 0 aromatic carbocycles. The SMILES string of the molecule is CCCCCCCCOC(=O)C(C(C)C)C(C(=O)CC)C(C)C. The van der Waals surface area contributed by atoms with Gasteiger partial charge >= 0.3 is 5.97 Å². The second kappa shape index (κ2) is 12.5. The van der Waals surface area contributed by atoms with Gasteiger partial charge in [0.1, 0.15) is 5.78 Å². The van der Waals surface area contributed by atoms with Gasteiger partial charge in [0.2, 0.25) is 0 Å². The fourth-order valence-corrected chi connectivity index (χ4v) is 3.21. The van der Waals surface area contributed by atoms with Gasteiger partial charge < -0.3 is 4.74 Å². The molecule has 0 N–H and O–H groups in total. The molecular weight excluding hydrogens is 288 g/mol. The van der Waals surface area contributed by atoms with Gasteiger partial charge in [0.05, 0.1) is 12.5 Å². The Labute approximate surface area is 143 Å². The minimum absolute atomic E-state index is 0.120. The third-order valence-electron chi connectivity index (χ3n) is 4.56. The Bertz CT molecular complexity index is 334. The number of rotatable bonds is 13. The van der Waals surface area contributed by atoms with Crippen molar-refractivity contribution in [1.82, 2.24) is 0 Å². The maximum atomic E-state index is 12.5. The lowest BCUT2D eigenvalue weighted by Gasteiger charge is -2.30. The molecular formula is C20H38O3. The maximum Gasteiger partial charge on any atom is 0.309 e. The normalized spacial score (nSPS) is 14.1. The Hall–Kier alpha value is -0.860. The number of carbonyl (C=O) groups excluding carboxylic acids is 2. The van der Waals surface area contributed by atoms with Crippen molar-refractivity contribution in [2.75, 3.05) is 6.61 Å². The average molecular weight is 327 g/mol. The van der Waals surface area contributed by atoms with Crippen LogP contribution in [-0.2, 0) is 14.3 Å². The van der Waals surface area contributed by atoms with Crippen LogP contribution in [0.3, 0.4) is 0 Å². The number of hydrogen-bond donors (Lipinski definition) is 0. The van der Waals surface area contributed by atoms with Gasteiger partial charge in [-0.05, 0) is 18.3 Å². The summed E-state index contributed by atoms with van der Waals surface area (Å²) in [5.74, 6) is -0.268. The summed E-state index contributed by atoms with van der Waals surface area (Å²) in [6.45, 7) is 12.6. The fraction of sp³-hybridized carbons (Fsp3) is 0.900. The molecule has 0 spiro atoms. The van der Waals surface area contributed by atoms with Crippen LogP contribution in [0.15, 0.2) is 0 Å². The molecule has 2 atom stereocenters. The molecule has 0 aromatic heterocycles. The summed E-state index contributed by atoms with van der Waals surface area (Å²) in [5.41, 5.74) is 0. The molecule has 2 unspecified atom stereocenters. The predicted octanol–water partition coefficient (Wildman–Crippen LogP) is 5.41. The van der Waals surface area contributed by atoms with Crippen molar-refractivity contribution in [3.8, 4) is 0 Å². The monoisotopic (exact) mass is 326 g/mol. The minimum Gasteiger partial charge on any atom is -0.465 e. The zero-order chi connectivity index (χ0) is 17.8. The van der Waals surface area contributed by atoms with Crippen molar-refractivity contribution in [1.29, 1.82) is 0 Å². The zero-order valence-electron chi connectivity index (χ0n) is 16.2. The van der Waals surface area contributed by atoms with E-state index in [1.807, 2.05) is 34.6 Å². The van der Waals surface area contributed by atoms with E-state index < -0.39 is 0 Å². The number of Topliss-reactive ketones (excluding diaryl/α,β-unsaturated/α-hetero) is 1. The molecule has 0 aliphatic carbocycles. The number of esters is 1. The van der Waals surface area contributed by atoms with Crippen molar-refractivity contribution in [2.45, 2.75) is 86.5 Å². The smallest absolute Gasteiger partial charge is 0.309 e. The van der Waals surface area contributed by atoms with Gasteiger partial charge in [-0.3, -0.25) is 9.59 Å². The van der Waals surface area contributed by atoms with Crippen LogP contribution in [0, 0.1) is 23.7 Å². The first-order valence-electron chi connectivity index (χ1n) is 9.56. The highest BCUT2D eigenvalue weighted by Crippen LogP contribution is 2.30. The van der Waals surface area contributed by atoms with E-state index in [0.717, 1.165) is 12.8 Å². The standard InChI is InChI=1S/C20H38O3/c1-7-9-10-11-12-13-14-23-20(22)19(16(5)6)18(15(3)4)17(21)8-2/h15-16,18-19H,7-14H2,1-6H3. The molecule has 0 aliphatic heterocycles. The quantitative estimate of drug-likeness (QED) is 0.335. The highest BCUT2D eigenvalue weighted by Gasteiger charge is 2.37. The van der Waals surface area contributed by atoms with Gasteiger partial charge in [0.25, 0.3) is 0 Å². The van der Waals surface area contributed by atoms with Crippen LogP contribution < -0.4 is 0 Å². The summed E-state index contributed by atoms with van der Waals surface area (Å²) in [4.78, 5) is 24.8. The van der Waals surface area contributed by atoms with E-state index in [2.05, 4.69) is 6.92 Å². The number of ether oxygens (including phenoxy) is 1. The predicted molar refractivity (Wildman–Crippen MR) is 96.3 cm³/mol. The molecule has 0 saturated carbocycles. The van der Waals surface area contributed by atoms with Crippen molar-refractivity contribution < 1.29 is 14.3 Å². The lowest BCUT2D eigenvalue weighted by Crippen LogP contribution is -2.38. The fourth-order valence-electron chi connectivity index (χ4n) is 3.21. The van der Waals surface area contributed by atoms with E-state index in [4.69, 9.17) is 4.74 Å². The molecule has 0 amide bonds. The summed E-state index contributed by atoms with van der Waals surface area (Å²) >= 11 is 0. The van der Waals surface area contributed by atoms with Crippen LogP contribution in [-0.4, -0.2) is 18.4 Å². The van der Waals surface area contributed by atoms with Crippen molar-refractivity contribution in [2.24, 2.45) is 23.7 Å². The first kappa shape index (κ1) is 22.1. The first-order chi connectivity index (χ1) is 10.9. The minimum atomic E-state index is -0.317. The van der Waals surface area contributed by atoms with Crippen LogP contribution in [0.4, 0.5) is 0 Å². The van der Waals surface area contributed by atoms with Gasteiger partial charge in [-0.25, -0.2) is 0 Å². The summed E-state index contributed by atoms with van der Waals surface area (Å²) in [5, 5.41) is 0. The Morgan fingerprint density at radius 3 is 1.78 bits per heavy atom. The van der Waals surface area contributed by atoms with Gasteiger partial charge in [-0.1, -0.05) is 73.6 Å². The molecule has 0 aromatic rings. The number of carbonyl (C=O) groups is 2. The van der Waals surface area contributed by atoms with E-state index >= 15 is 0 Å². The van der Waals surface area contributed by atoms with Gasteiger partial charge in [0, 0.05) is 12.3 Å². The summed E-state index contributed by atoms with van der Waals surface area (Å²) in [7, 11) is 0. The molecule has 0 fully saturated rings. The van der Waals surface area contributed by atoms with E-state index in [1.54, 1.807) is 0 Å². The van der Waals surface area contributed by atoms with Crippen molar-refractivity contribution in [3.63, 3.8) is 0 Å². The number of ketones is 1. The van der Waals surface area contributed by atoms with Crippen molar-refractivity contribution in [3.05, 3.63) is 0 Å². The molecule has 0 heterocycles.